The van der Waals surface area contributed by atoms with E-state index in [0.29, 0.717) is 18.9 Å². The highest BCUT2D eigenvalue weighted by Gasteiger charge is 2.25. The molecule has 0 bridgehead atoms. The Kier molecular flexibility index (Phi) is 8.33. The number of nitrogens with one attached hydrogen (secondary N) is 1. The first kappa shape index (κ1) is 25.1. The number of allylic oxidation sites excluding steroid dienone is 2. The highest BCUT2D eigenvalue weighted by molar-refractivity contribution is 7.89. The second-order valence-electron chi connectivity index (χ2n) is 8.39. The zero-order valence-corrected chi connectivity index (χ0v) is 21.2. The Balaban J connectivity index is 1.52. The van der Waals surface area contributed by atoms with Gasteiger partial charge in [0.15, 0.2) is 0 Å². The van der Waals surface area contributed by atoms with Gasteiger partial charge in [0, 0.05) is 38.1 Å². The predicted molar refractivity (Wildman–Crippen MR) is 140 cm³/mol. The van der Waals surface area contributed by atoms with Gasteiger partial charge < -0.3 is 9.64 Å². The second kappa shape index (κ2) is 11.6. The number of rotatable bonds is 9. The number of pyridine rings is 1. The molecule has 1 aliphatic heterocycles. The summed E-state index contributed by atoms with van der Waals surface area (Å²) in [5, 5.41) is 4.43. The number of hydrogen-bond donors (Lipinski definition) is 1. The van der Waals surface area contributed by atoms with Crippen molar-refractivity contribution < 1.29 is 13.2 Å². The fourth-order valence-electron chi connectivity index (χ4n) is 4.41. The molecule has 0 spiro atoms. The Morgan fingerprint density at radius 1 is 1.09 bits per heavy atom. The topological polar surface area (TPSA) is 87.1 Å². The van der Waals surface area contributed by atoms with Gasteiger partial charge in [-0.15, -0.1) is 0 Å². The molecule has 8 nitrogen and oxygen atoms in total. The quantitative estimate of drug-likeness (QED) is 0.418. The predicted octanol–water partition coefficient (Wildman–Crippen LogP) is 3.97. The molecule has 0 atom stereocenters. The van der Waals surface area contributed by atoms with Crippen molar-refractivity contribution in [2.75, 3.05) is 44.8 Å². The lowest BCUT2D eigenvalue weighted by Crippen LogP contribution is -2.36. The van der Waals surface area contributed by atoms with Crippen LogP contribution < -0.4 is 5.43 Å². The molecular weight excluding hydrogens is 462 g/mol. The lowest BCUT2D eigenvalue weighted by atomic mass is 10.1. The highest BCUT2D eigenvalue weighted by atomic mass is 32.2. The summed E-state index contributed by atoms with van der Waals surface area (Å²) >= 11 is 0. The van der Waals surface area contributed by atoms with Gasteiger partial charge >= 0.3 is 0 Å². The van der Waals surface area contributed by atoms with Crippen molar-refractivity contribution in [3.8, 4) is 0 Å². The van der Waals surface area contributed by atoms with Gasteiger partial charge in [-0.3, -0.25) is 5.43 Å². The van der Waals surface area contributed by atoms with Gasteiger partial charge in [-0.2, -0.15) is 9.41 Å². The van der Waals surface area contributed by atoms with Crippen molar-refractivity contribution in [1.29, 1.82) is 0 Å². The zero-order chi connectivity index (χ0) is 24.7. The van der Waals surface area contributed by atoms with Crippen molar-refractivity contribution in [3.05, 3.63) is 71.1 Å². The molecule has 1 saturated heterocycles. The van der Waals surface area contributed by atoms with E-state index < -0.39 is 10.0 Å². The normalized spacial score (nSPS) is 18.3. The third-order valence-electron chi connectivity index (χ3n) is 6.22. The lowest BCUT2D eigenvalue weighted by Gasteiger charge is -2.31. The molecule has 1 N–H and O–H groups in total. The molecule has 2 aromatic rings. The summed E-state index contributed by atoms with van der Waals surface area (Å²) in [5.41, 5.74) is 7.85. The van der Waals surface area contributed by atoms with Crippen molar-refractivity contribution in [2.24, 2.45) is 5.10 Å². The first-order valence-electron chi connectivity index (χ1n) is 12.1. The van der Waals surface area contributed by atoms with Crippen molar-refractivity contribution in [2.45, 2.75) is 31.6 Å². The monoisotopic (exact) mass is 495 g/mol. The van der Waals surface area contributed by atoms with E-state index in [4.69, 9.17) is 4.74 Å². The third-order valence-corrected chi connectivity index (χ3v) is 8.25. The minimum atomic E-state index is -3.53. The summed E-state index contributed by atoms with van der Waals surface area (Å²) in [6.45, 7) is 7.64. The maximum atomic E-state index is 12.7. The standard InChI is InChI=1S/C26H33N5O3S/c1-3-31(4-2)35(32,33)24-12-13-25(27-20-24)29-28-19-23-11-10-22(18-21-8-6-5-7-9-21)26(23)30-14-16-34-17-15-30/h5-9,12-13,18-20H,3-4,10-11,14-17H2,1-2H3,(H,27,29)/b22-18-,28-19+. The molecule has 4 rings (SSSR count). The van der Waals surface area contributed by atoms with Gasteiger partial charge in [0.25, 0.3) is 0 Å². The average molecular weight is 496 g/mol. The molecule has 2 heterocycles. The van der Waals surface area contributed by atoms with E-state index in [1.807, 2.05) is 26.1 Å². The lowest BCUT2D eigenvalue weighted by molar-refractivity contribution is 0.0548. The summed E-state index contributed by atoms with van der Waals surface area (Å²) in [6, 6.07) is 13.6. The molecule has 1 aromatic heterocycles. The molecule has 0 amide bonds. The summed E-state index contributed by atoms with van der Waals surface area (Å²) in [7, 11) is -3.53. The van der Waals surface area contributed by atoms with Crippen LogP contribution in [0.3, 0.4) is 0 Å². The molecule has 186 valence electrons. The van der Waals surface area contributed by atoms with Crippen molar-refractivity contribution in [1.82, 2.24) is 14.2 Å². The maximum absolute atomic E-state index is 12.7. The molecule has 1 fully saturated rings. The molecule has 0 unspecified atom stereocenters. The van der Waals surface area contributed by atoms with Crippen LogP contribution in [0.25, 0.3) is 6.08 Å². The summed E-state index contributed by atoms with van der Waals surface area (Å²) in [6.07, 6.45) is 7.36. The van der Waals surface area contributed by atoms with E-state index in [2.05, 4.69) is 50.8 Å². The summed E-state index contributed by atoms with van der Waals surface area (Å²) in [4.78, 5) is 6.82. The number of nitrogens with zero attached hydrogens (tertiary/aromatic N) is 4. The molecule has 0 saturated carbocycles. The van der Waals surface area contributed by atoms with Gasteiger partial charge in [-0.05, 0) is 47.8 Å². The summed E-state index contributed by atoms with van der Waals surface area (Å²) < 4.78 is 32.3. The number of anilines is 1. The Bertz CT molecular complexity index is 1180. The van der Waals surface area contributed by atoms with Crippen molar-refractivity contribution >= 4 is 28.1 Å². The van der Waals surface area contributed by atoms with Crippen LogP contribution in [0.5, 0.6) is 0 Å². The number of aromatic nitrogens is 1. The first-order chi connectivity index (χ1) is 17.0. The number of ether oxygens (including phenoxy) is 1. The van der Waals surface area contributed by atoms with E-state index >= 15 is 0 Å². The van der Waals surface area contributed by atoms with E-state index in [1.54, 1.807) is 12.1 Å². The van der Waals surface area contributed by atoms with Crippen LogP contribution in [0.4, 0.5) is 5.82 Å². The van der Waals surface area contributed by atoms with Gasteiger partial charge in [-0.1, -0.05) is 44.2 Å². The minimum absolute atomic E-state index is 0.180. The van der Waals surface area contributed by atoms with E-state index in [-0.39, 0.29) is 4.90 Å². The van der Waals surface area contributed by atoms with Crippen LogP contribution in [-0.2, 0) is 14.8 Å². The van der Waals surface area contributed by atoms with Crippen molar-refractivity contribution in [3.63, 3.8) is 0 Å². The minimum Gasteiger partial charge on any atom is -0.378 e. The highest BCUT2D eigenvalue weighted by Crippen LogP contribution is 2.35. The number of hydrazone groups is 1. The number of benzene rings is 1. The van der Waals surface area contributed by atoms with E-state index in [0.717, 1.165) is 39.1 Å². The molecule has 1 aromatic carbocycles. The van der Waals surface area contributed by atoms with Crippen LogP contribution in [-0.4, -0.2) is 68.2 Å². The SMILES string of the molecule is CCN(CC)S(=O)(=O)c1ccc(N/N=C/C2=C(N3CCOCC3)C(=C\c3ccccc3)/CC2)nc1. The van der Waals surface area contributed by atoms with E-state index in [1.165, 1.54) is 32.9 Å². The molecule has 1 aliphatic carbocycles. The van der Waals surface area contributed by atoms with Gasteiger partial charge in [-0.25, -0.2) is 13.4 Å². The van der Waals surface area contributed by atoms with Crippen LogP contribution in [0.2, 0.25) is 0 Å². The number of hydrogen-bond acceptors (Lipinski definition) is 7. The average Bonchev–Trinajstić information content (AvgIpc) is 3.28. The Labute approximate surface area is 208 Å². The van der Waals surface area contributed by atoms with Gasteiger partial charge in [0.05, 0.1) is 19.4 Å². The fourth-order valence-corrected chi connectivity index (χ4v) is 5.81. The molecular formula is C26H33N5O3S. The maximum Gasteiger partial charge on any atom is 0.244 e. The zero-order valence-electron chi connectivity index (χ0n) is 20.4. The Hall–Kier alpha value is -3.01. The largest absolute Gasteiger partial charge is 0.378 e. The van der Waals surface area contributed by atoms with Gasteiger partial charge in [0.2, 0.25) is 10.0 Å². The Morgan fingerprint density at radius 2 is 1.83 bits per heavy atom. The number of morpholine rings is 1. The smallest absolute Gasteiger partial charge is 0.244 e. The summed E-state index contributed by atoms with van der Waals surface area (Å²) in [5.74, 6) is 0.492. The first-order valence-corrected chi connectivity index (χ1v) is 13.5. The Morgan fingerprint density at radius 3 is 2.49 bits per heavy atom. The third kappa shape index (κ3) is 5.98. The van der Waals surface area contributed by atoms with Crippen LogP contribution in [0.15, 0.2) is 75.5 Å². The molecule has 0 radical (unpaired) electrons. The number of sulfonamides is 1. The second-order valence-corrected chi connectivity index (χ2v) is 10.3. The molecule has 9 heteroatoms. The fraction of sp³-hybridized carbons (Fsp3) is 0.385. The van der Waals surface area contributed by atoms with Crippen LogP contribution >= 0.6 is 0 Å². The molecule has 35 heavy (non-hydrogen) atoms. The van der Waals surface area contributed by atoms with Gasteiger partial charge in [0.1, 0.15) is 10.7 Å². The van der Waals surface area contributed by atoms with Crippen LogP contribution in [0, 0.1) is 0 Å². The molecule has 2 aliphatic rings. The van der Waals surface area contributed by atoms with E-state index in [9.17, 15) is 8.42 Å². The van der Waals surface area contributed by atoms with Crippen LogP contribution in [0.1, 0.15) is 32.3 Å².